The van der Waals surface area contributed by atoms with Crippen LogP contribution in [0.15, 0.2) is 30.3 Å². The molecular weight excluding hydrogens is 260 g/mol. The molecule has 1 unspecified atom stereocenters. The standard InChI is InChI=1S/C15H23Br/c1-15(2,3)14(16)12-8-7-11-13-9-5-4-6-10-13/h4-6,9-10,14H,7-8,11-12H2,1-3H3. The molecule has 1 aromatic rings. The van der Waals surface area contributed by atoms with Crippen molar-refractivity contribution in [2.75, 3.05) is 0 Å². The van der Waals surface area contributed by atoms with Crippen molar-refractivity contribution in [3.05, 3.63) is 35.9 Å². The Kier molecular flexibility index (Phi) is 5.54. The first kappa shape index (κ1) is 13.8. The number of hydrogen-bond donors (Lipinski definition) is 0. The second kappa shape index (κ2) is 6.44. The summed E-state index contributed by atoms with van der Waals surface area (Å²) < 4.78 is 0. The van der Waals surface area contributed by atoms with Gasteiger partial charge in [0.2, 0.25) is 0 Å². The lowest BCUT2D eigenvalue weighted by Gasteiger charge is -2.25. The van der Waals surface area contributed by atoms with Crippen molar-refractivity contribution in [3.8, 4) is 0 Å². The fraction of sp³-hybridized carbons (Fsp3) is 0.600. The van der Waals surface area contributed by atoms with E-state index in [9.17, 15) is 0 Å². The zero-order valence-electron chi connectivity index (χ0n) is 10.7. The number of alkyl halides is 1. The Balaban J connectivity index is 2.18. The van der Waals surface area contributed by atoms with Gasteiger partial charge in [-0.25, -0.2) is 0 Å². The maximum Gasteiger partial charge on any atom is 0.0194 e. The van der Waals surface area contributed by atoms with Crippen LogP contribution in [0.5, 0.6) is 0 Å². The molecule has 0 fully saturated rings. The van der Waals surface area contributed by atoms with Crippen LogP contribution >= 0.6 is 15.9 Å². The molecule has 0 aromatic heterocycles. The van der Waals surface area contributed by atoms with E-state index in [0.717, 1.165) is 0 Å². The highest BCUT2D eigenvalue weighted by atomic mass is 79.9. The summed E-state index contributed by atoms with van der Waals surface area (Å²) in [6, 6.07) is 10.8. The van der Waals surface area contributed by atoms with Crippen LogP contribution in [0.1, 0.15) is 45.6 Å². The number of halogens is 1. The molecule has 1 rings (SSSR count). The zero-order chi connectivity index (χ0) is 12.0. The van der Waals surface area contributed by atoms with Gasteiger partial charge in [0.25, 0.3) is 0 Å². The topological polar surface area (TPSA) is 0 Å². The molecule has 0 aliphatic heterocycles. The minimum atomic E-state index is 0.382. The van der Waals surface area contributed by atoms with Crippen LogP contribution in [0.4, 0.5) is 0 Å². The van der Waals surface area contributed by atoms with Crippen molar-refractivity contribution in [2.24, 2.45) is 5.41 Å². The van der Waals surface area contributed by atoms with Crippen molar-refractivity contribution in [3.63, 3.8) is 0 Å². The van der Waals surface area contributed by atoms with Gasteiger partial charge in [-0.1, -0.05) is 73.5 Å². The van der Waals surface area contributed by atoms with E-state index in [2.05, 4.69) is 67.0 Å². The second-order valence-corrected chi connectivity index (χ2v) is 6.67. The van der Waals surface area contributed by atoms with Gasteiger partial charge in [-0.2, -0.15) is 0 Å². The Morgan fingerprint density at radius 1 is 1.06 bits per heavy atom. The molecule has 1 aromatic carbocycles. The molecule has 0 aliphatic carbocycles. The molecule has 0 heterocycles. The zero-order valence-corrected chi connectivity index (χ0v) is 12.3. The van der Waals surface area contributed by atoms with Crippen LogP contribution in [0, 0.1) is 5.41 Å². The van der Waals surface area contributed by atoms with Gasteiger partial charge in [-0.05, 0) is 30.2 Å². The summed E-state index contributed by atoms with van der Waals surface area (Å²) in [6.45, 7) is 6.89. The monoisotopic (exact) mass is 282 g/mol. The van der Waals surface area contributed by atoms with Gasteiger partial charge >= 0.3 is 0 Å². The van der Waals surface area contributed by atoms with Gasteiger partial charge in [-0.15, -0.1) is 0 Å². The van der Waals surface area contributed by atoms with Gasteiger partial charge in [0.15, 0.2) is 0 Å². The van der Waals surface area contributed by atoms with Crippen LogP contribution < -0.4 is 0 Å². The van der Waals surface area contributed by atoms with Crippen LogP contribution in [-0.4, -0.2) is 4.83 Å². The molecule has 1 heteroatoms. The molecule has 16 heavy (non-hydrogen) atoms. The van der Waals surface area contributed by atoms with Gasteiger partial charge < -0.3 is 0 Å². The number of unbranched alkanes of at least 4 members (excludes halogenated alkanes) is 1. The second-order valence-electron chi connectivity index (χ2n) is 5.56. The van der Waals surface area contributed by atoms with Crippen molar-refractivity contribution in [2.45, 2.75) is 51.3 Å². The maximum absolute atomic E-state index is 3.78. The molecule has 0 spiro atoms. The molecule has 0 nitrogen and oxygen atoms in total. The quantitative estimate of drug-likeness (QED) is 0.514. The van der Waals surface area contributed by atoms with E-state index in [1.165, 1.54) is 31.2 Å². The smallest absolute Gasteiger partial charge is 0.0194 e. The lowest BCUT2D eigenvalue weighted by Crippen LogP contribution is -2.19. The first-order chi connectivity index (χ1) is 7.50. The summed E-state index contributed by atoms with van der Waals surface area (Å²) >= 11 is 3.78. The number of hydrogen-bond acceptors (Lipinski definition) is 0. The Morgan fingerprint density at radius 2 is 1.69 bits per heavy atom. The van der Waals surface area contributed by atoms with Gasteiger partial charge in [0, 0.05) is 4.83 Å². The number of rotatable bonds is 5. The summed E-state index contributed by atoms with van der Waals surface area (Å²) in [6.07, 6.45) is 5.09. The highest BCUT2D eigenvalue weighted by molar-refractivity contribution is 9.09. The van der Waals surface area contributed by atoms with Crippen LogP contribution in [-0.2, 0) is 6.42 Å². The van der Waals surface area contributed by atoms with E-state index in [1.807, 2.05) is 0 Å². The third-order valence-electron chi connectivity index (χ3n) is 2.96. The molecule has 0 N–H and O–H groups in total. The molecular formula is C15H23Br. The van der Waals surface area contributed by atoms with E-state index in [4.69, 9.17) is 0 Å². The Hall–Kier alpha value is -0.300. The number of aryl methyl sites for hydroxylation is 1. The normalized spacial score (nSPS) is 13.8. The summed E-state index contributed by atoms with van der Waals surface area (Å²) in [4.78, 5) is 0.635. The fourth-order valence-electron chi connectivity index (χ4n) is 1.73. The Bertz CT molecular complexity index is 284. The first-order valence-electron chi connectivity index (χ1n) is 6.18. The molecule has 90 valence electrons. The van der Waals surface area contributed by atoms with E-state index in [-0.39, 0.29) is 0 Å². The molecule has 0 radical (unpaired) electrons. The highest BCUT2D eigenvalue weighted by Crippen LogP contribution is 2.30. The van der Waals surface area contributed by atoms with E-state index in [1.54, 1.807) is 0 Å². The molecule has 0 saturated heterocycles. The lowest BCUT2D eigenvalue weighted by atomic mass is 9.89. The van der Waals surface area contributed by atoms with Crippen molar-refractivity contribution in [1.29, 1.82) is 0 Å². The molecule has 1 atom stereocenters. The fourth-order valence-corrected chi connectivity index (χ4v) is 2.05. The minimum absolute atomic E-state index is 0.382. The third-order valence-corrected chi connectivity index (χ3v) is 4.79. The van der Waals surface area contributed by atoms with Gasteiger partial charge in [0.05, 0.1) is 0 Å². The van der Waals surface area contributed by atoms with Crippen LogP contribution in [0.2, 0.25) is 0 Å². The van der Waals surface area contributed by atoms with E-state index < -0.39 is 0 Å². The lowest BCUT2D eigenvalue weighted by molar-refractivity contribution is 0.378. The Morgan fingerprint density at radius 3 is 2.25 bits per heavy atom. The van der Waals surface area contributed by atoms with Gasteiger partial charge in [0.1, 0.15) is 0 Å². The average Bonchev–Trinajstić information content (AvgIpc) is 2.24. The molecule has 0 bridgehead atoms. The van der Waals surface area contributed by atoms with E-state index in [0.29, 0.717) is 10.2 Å². The first-order valence-corrected chi connectivity index (χ1v) is 7.10. The van der Waals surface area contributed by atoms with Crippen molar-refractivity contribution >= 4 is 15.9 Å². The summed E-state index contributed by atoms with van der Waals surface area (Å²) in [7, 11) is 0. The predicted molar refractivity (Wildman–Crippen MR) is 76.2 cm³/mol. The summed E-state index contributed by atoms with van der Waals surface area (Å²) in [5.41, 5.74) is 1.84. The Labute approximate surface area is 109 Å². The van der Waals surface area contributed by atoms with Crippen LogP contribution in [0.3, 0.4) is 0 Å². The van der Waals surface area contributed by atoms with Gasteiger partial charge in [-0.3, -0.25) is 0 Å². The summed E-state index contributed by atoms with van der Waals surface area (Å²) in [5.74, 6) is 0. The summed E-state index contributed by atoms with van der Waals surface area (Å²) in [5, 5.41) is 0. The average molecular weight is 283 g/mol. The predicted octanol–water partition coefficient (Wildman–Crippen LogP) is 5.21. The largest absolute Gasteiger partial charge is 0.0885 e. The van der Waals surface area contributed by atoms with Crippen LogP contribution in [0.25, 0.3) is 0 Å². The highest BCUT2D eigenvalue weighted by Gasteiger charge is 2.20. The van der Waals surface area contributed by atoms with Crippen molar-refractivity contribution < 1.29 is 0 Å². The molecule has 0 saturated carbocycles. The SMILES string of the molecule is CC(C)(C)C(Br)CCCCc1ccccc1. The van der Waals surface area contributed by atoms with E-state index >= 15 is 0 Å². The minimum Gasteiger partial charge on any atom is -0.0885 e. The molecule has 0 aliphatic rings. The third kappa shape index (κ3) is 5.16. The maximum atomic E-state index is 3.78. The molecule has 0 amide bonds. The number of benzene rings is 1. The van der Waals surface area contributed by atoms with Crippen molar-refractivity contribution in [1.82, 2.24) is 0 Å².